The van der Waals surface area contributed by atoms with Crippen LogP contribution in [0, 0.1) is 0 Å². The summed E-state index contributed by atoms with van der Waals surface area (Å²) in [7, 11) is -1.16. The summed E-state index contributed by atoms with van der Waals surface area (Å²) in [6, 6.07) is 21.6. The molecule has 0 amide bonds. The second kappa shape index (κ2) is 6.67. The van der Waals surface area contributed by atoms with Gasteiger partial charge >= 0.3 is 0 Å². The number of hydrogen-bond acceptors (Lipinski definition) is 4. The van der Waals surface area contributed by atoms with Crippen molar-refractivity contribution in [1.82, 2.24) is 4.98 Å². The average molecular weight is 353 g/mol. The third kappa shape index (κ3) is 3.02. The van der Waals surface area contributed by atoms with Crippen LogP contribution < -0.4 is 9.03 Å². The van der Waals surface area contributed by atoms with E-state index in [1.165, 1.54) is 11.9 Å². The molecule has 4 rings (SSSR count). The number of nitrogens with zero attached hydrogens (tertiary/aromatic N) is 2. The van der Waals surface area contributed by atoms with Crippen LogP contribution in [-0.4, -0.2) is 9.19 Å². The SMILES string of the molecule is O=S1c2ccccc2SN1c1ccc(NCc2ccccn2)cc1. The Morgan fingerprint density at radius 1 is 1.00 bits per heavy atom. The summed E-state index contributed by atoms with van der Waals surface area (Å²) >= 11 is 1.52. The topological polar surface area (TPSA) is 45.2 Å². The number of pyridine rings is 1. The standard InChI is InChI=1S/C18H15N3OS2/c22-24-18-7-2-1-6-17(18)23-21(24)16-10-8-14(9-11-16)20-13-15-5-3-4-12-19-15/h1-12,20H,13H2. The van der Waals surface area contributed by atoms with Crippen molar-refractivity contribution in [2.45, 2.75) is 16.3 Å². The zero-order valence-electron chi connectivity index (χ0n) is 12.8. The molecule has 0 radical (unpaired) electrons. The number of fused-ring (bicyclic) bond motifs is 1. The van der Waals surface area contributed by atoms with E-state index in [2.05, 4.69) is 10.3 Å². The van der Waals surface area contributed by atoms with Crippen LogP contribution in [0.2, 0.25) is 0 Å². The van der Waals surface area contributed by atoms with Gasteiger partial charge < -0.3 is 5.32 Å². The summed E-state index contributed by atoms with van der Waals surface area (Å²) < 4.78 is 14.4. The fraction of sp³-hybridized carbons (Fsp3) is 0.0556. The molecule has 1 N–H and O–H groups in total. The maximum absolute atomic E-state index is 12.6. The third-order valence-corrected chi connectivity index (χ3v) is 6.58. The molecule has 1 atom stereocenters. The maximum atomic E-state index is 12.6. The van der Waals surface area contributed by atoms with E-state index >= 15 is 0 Å². The van der Waals surface area contributed by atoms with Crippen molar-refractivity contribution in [3.8, 4) is 0 Å². The minimum absolute atomic E-state index is 0.677. The molecule has 1 aliphatic heterocycles. The Morgan fingerprint density at radius 2 is 1.79 bits per heavy atom. The van der Waals surface area contributed by atoms with Crippen molar-refractivity contribution >= 4 is 34.3 Å². The summed E-state index contributed by atoms with van der Waals surface area (Å²) in [6.45, 7) is 0.677. The lowest BCUT2D eigenvalue weighted by molar-refractivity contribution is 0.684. The number of rotatable bonds is 4. The molecule has 120 valence electrons. The molecule has 1 aliphatic rings. The predicted octanol–water partition coefficient (Wildman–Crippen LogP) is 4.24. The van der Waals surface area contributed by atoms with Gasteiger partial charge in [0.1, 0.15) is 0 Å². The smallest absolute Gasteiger partial charge is 0.164 e. The van der Waals surface area contributed by atoms with E-state index < -0.39 is 11.0 Å². The summed E-state index contributed by atoms with van der Waals surface area (Å²) in [6.07, 6.45) is 1.79. The van der Waals surface area contributed by atoms with Gasteiger partial charge in [0.15, 0.2) is 11.0 Å². The Kier molecular flexibility index (Phi) is 4.23. The van der Waals surface area contributed by atoms with Crippen molar-refractivity contribution in [3.63, 3.8) is 0 Å². The molecule has 24 heavy (non-hydrogen) atoms. The van der Waals surface area contributed by atoms with Gasteiger partial charge in [0.2, 0.25) is 0 Å². The summed E-state index contributed by atoms with van der Waals surface area (Å²) in [5.41, 5.74) is 2.93. The van der Waals surface area contributed by atoms with Gasteiger partial charge in [-0.15, -0.1) is 0 Å². The fourth-order valence-corrected chi connectivity index (χ4v) is 5.14. The lowest BCUT2D eigenvalue weighted by Crippen LogP contribution is -2.11. The van der Waals surface area contributed by atoms with E-state index in [4.69, 9.17) is 0 Å². The second-order valence-corrected chi connectivity index (χ2v) is 7.79. The van der Waals surface area contributed by atoms with Gasteiger partial charge in [0.25, 0.3) is 0 Å². The number of anilines is 2. The lowest BCUT2D eigenvalue weighted by Gasteiger charge is -2.15. The van der Waals surface area contributed by atoms with E-state index in [0.29, 0.717) is 6.54 Å². The molecule has 2 heterocycles. The van der Waals surface area contributed by atoms with Gasteiger partial charge in [-0.1, -0.05) is 18.2 Å². The Balaban J connectivity index is 1.46. The van der Waals surface area contributed by atoms with E-state index in [9.17, 15) is 4.21 Å². The van der Waals surface area contributed by atoms with E-state index in [1.54, 1.807) is 6.20 Å². The molecule has 4 nitrogen and oxygen atoms in total. The van der Waals surface area contributed by atoms with Crippen LogP contribution >= 0.6 is 11.9 Å². The first-order valence-electron chi connectivity index (χ1n) is 7.54. The number of nitrogens with one attached hydrogen (secondary N) is 1. The maximum Gasteiger partial charge on any atom is 0.164 e. The molecule has 1 aromatic heterocycles. The van der Waals surface area contributed by atoms with Gasteiger partial charge in [0.05, 0.1) is 22.8 Å². The molecule has 0 saturated heterocycles. The molecule has 2 aromatic carbocycles. The van der Waals surface area contributed by atoms with Crippen molar-refractivity contribution in [1.29, 1.82) is 0 Å². The molecule has 0 aliphatic carbocycles. The molecule has 0 fully saturated rings. The van der Waals surface area contributed by atoms with E-state index in [0.717, 1.165) is 26.9 Å². The summed E-state index contributed by atoms with van der Waals surface area (Å²) in [5.74, 6) is 0. The first-order chi connectivity index (χ1) is 11.8. The van der Waals surface area contributed by atoms with E-state index in [-0.39, 0.29) is 0 Å². The largest absolute Gasteiger partial charge is 0.379 e. The minimum atomic E-state index is -1.16. The number of benzene rings is 2. The highest BCUT2D eigenvalue weighted by Crippen LogP contribution is 2.42. The molecule has 0 saturated carbocycles. The molecule has 1 unspecified atom stereocenters. The van der Waals surface area contributed by atoms with Crippen molar-refractivity contribution in [2.75, 3.05) is 9.03 Å². The highest BCUT2D eigenvalue weighted by Gasteiger charge is 2.28. The van der Waals surface area contributed by atoms with Crippen LogP contribution in [-0.2, 0) is 17.5 Å². The van der Waals surface area contributed by atoms with Crippen molar-refractivity contribution in [2.24, 2.45) is 0 Å². The van der Waals surface area contributed by atoms with Crippen LogP contribution in [0.1, 0.15) is 5.69 Å². The second-order valence-electron chi connectivity index (χ2n) is 5.27. The van der Waals surface area contributed by atoms with Crippen LogP contribution in [0.15, 0.2) is 82.7 Å². The normalized spacial score (nSPS) is 16.0. The van der Waals surface area contributed by atoms with Gasteiger partial charge in [-0.2, -0.15) is 0 Å². The van der Waals surface area contributed by atoms with Crippen LogP contribution in [0.25, 0.3) is 0 Å². The molecule has 3 aromatic rings. The summed E-state index contributed by atoms with van der Waals surface area (Å²) in [5, 5.41) is 3.34. The highest BCUT2D eigenvalue weighted by atomic mass is 32.2. The predicted molar refractivity (Wildman–Crippen MR) is 99.2 cm³/mol. The Hall–Kier alpha value is -2.31. The molecule has 0 bridgehead atoms. The highest BCUT2D eigenvalue weighted by molar-refractivity contribution is 8.14. The molecule has 6 heteroatoms. The van der Waals surface area contributed by atoms with Gasteiger partial charge in [-0.05, 0) is 48.5 Å². The fourth-order valence-electron chi connectivity index (χ4n) is 2.43. The van der Waals surface area contributed by atoms with Gasteiger partial charge in [0, 0.05) is 28.7 Å². The molecular weight excluding hydrogens is 338 g/mol. The summed E-state index contributed by atoms with van der Waals surface area (Å²) in [4.78, 5) is 6.22. The van der Waals surface area contributed by atoms with Crippen molar-refractivity contribution < 1.29 is 4.21 Å². The van der Waals surface area contributed by atoms with Gasteiger partial charge in [-0.3, -0.25) is 4.98 Å². The van der Waals surface area contributed by atoms with Crippen LogP contribution in [0.3, 0.4) is 0 Å². The zero-order valence-corrected chi connectivity index (χ0v) is 14.4. The Labute approximate surface area is 147 Å². The first-order valence-corrected chi connectivity index (χ1v) is 9.42. The van der Waals surface area contributed by atoms with Crippen LogP contribution in [0.5, 0.6) is 0 Å². The first kappa shape index (κ1) is 15.2. The average Bonchev–Trinajstić information content (AvgIpc) is 2.98. The molecule has 0 spiro atoms. The third-order valence-electron chi connectivity index (χ3n) is 3.65. The minimum Gasteiger partial charge on any atom is -0.379 e. The molecular formula is C18H15N3OS2. The quantitative estimate of drug-likeness (QED) is 0.713. The van der Waals surface area contributed by atoms with Crippen LogP contribution in [0.4, 0.5) is 11.4 Å². The number of aromatic nitrogens is 1. The van der Waals surface area contributed by atoms with Crippen molar-refractivity contribution in [3.05, 3.63) is 78.6 Å². The van der Waals surface area contributed by atoms with Gasteiger partial charge in [-0.25, -0.2) is 7.92 Å². The monoisotopic (exact) mass is 353 g/mol. The Bertz CT molecular complexity index is 869. The number of hydrogen-bond donors (Lipinski definition) is 1. The van der Waals surface area contributed by atoms with E-state index in [1.807, 2.05) is 70.4 Å². The zero-order chi connectivity index (χ0) is 16.4. The Morgan fingerprint density at radius 3 is 2.54 bits per heavy atom. The lowest BCUT2D eigenvalue weighted by atomic mass is 10.3.